The summed E-state index contributed by atoms with van der Waals surface area (Å²) in [4.78, 5) is 16.2. The predicted molar refractivity (Wildman–Crippen MR) is 76.7 cm³/mol. The Morgan fingerprint density at radius 3 is 2.90 bits per heavy atom. The summed E-state index contributed by atoms with van der Waals surface area (Å²) in [7, 11) is 0. The Hall–Kier alpha value is -2.65. The molecular weight excluding hydrogens is 270 g/mol. The maximum atomic E-state index is 12.3. The van der Waals surface area contributed by atoms with Gasteiger partial charge in [-0.2, -0.15) is 4.98 Å². The number of carbonyl (C=O) groups is 1. The zero-order chi connectivity index (χ0) is 15.2. The van der Waals surface area contributed by atoms with Gasteiger partial charge < -0.3 is 9.63 Å². The van der Waals surface area contributed by atoms with Gasteiger partial charge in [0.15, 0.2) is 5.82 Å². The van der Waals surface area contributed by atoms with Crippen molar-refractivity contribution in [1.82, 2.24) is 10.1 Å². The van der Waals surface area contributed by atoms with Gasteiger partial charge in [-0.3, -0.25) is 10.1 Å². The average Bonchev–Trinajstić information content (AvgIpc) is 2.86. The Bertz CT molecular complexity index is 710. The number of hydrogen-bond acceptors (Lipinski definition) is 5. The van der Waals surface area contributed by atoms with Gasteiger partial charge in [-0.25, -0.2) is 0 Å². The molecule has 0 saturated carbocycles. The van der Waals surface area contributed by atoms with E-state index in [1.165, 1.54) is 0 Å². The quantitative estimate of drug-likeness (QED) is 0.837. The van der Waals surface area contributed by atoms with Crippen molar-refractivity contribution in [2.75, 3.05) is 11.9 Å². The number of nitrogens with zero attached hydrogens (tertiary/aromatic N) is 2. The highest BCUT2D eigenvalue weighted by Crippen LogP contribution is 2.13. The predicted octanol–water partition coefficient (Wildman–Crippen LogP) is 1.67. The molecule has 0 bridgehead atoms. The second-order valence-corrected chi connectivity index (χ2v) is 4.43. The molecule has 1 amide bonds. The van der Waals surface area contributed by atoms with Crippen molar-refractivity contribution in [3.8, 4) is 11.8 Å². The highest BCUT2D eigenvalue weighted by Gasteiger charge is 2.14. The molecule has 1 heterocycles. The lowest BCUT2D eigenvalue weighted by Crippen LogP contribution is -2.14. The number of aromatic nitrogens is 2. The molecular formula is C15H15N3O3. The lowest BCUT2D eigenvalue weighted by Gasteiger charge is -2.05. The summed E-state index contributed by atoms with van der Waals surface area (Å²) in [5.74, 6) is 5.76. The van der Waals surface area contributed by atoms with Crippen molar-refractivity contribution in [3.05, 3.63) is 40.7 Å². The van der Waals surface area contributed by atoms with E-state index < -0.39 is 0 Å². The van der Waals surface area contributed by atoms with Crippen LogP contribution in [0.25, 0.3) is 0 Å². The fourth-order valence-electron chi connectivity index (χ4n) is 1.68. The molecule has 6 heteroatoms. The highest BCUT2D eigenvalue weighted by molar-refractivity contribution is 6.05. The summed E-state index contributed by atoms with van der Waals surface area (Å²) in [5, 5.41) is 14.9. The van der Waals surface area contributed by atoms with Crippen LogP contribution < -0.4 is 5.32 Å². The summed E-state index contributed by atoms with van der Waals surface area (Å²) in [6.07, 6.45) is 0.359. The largest absolute Gasteiger partial charge is 0.395 e. The van der Waals surface area contributed by atoms with Crippen LogP contribution in [0.15, 0.2) is 22.7 Å². The summed E-state index contributed by atoms with van der Waals surface area (Å²) in [5.41, 5.74) is 1.95. The van der Waals surface area contributed by atoms with Crippen LogP contribution in [0.4, 0.5) is 6.01 Å². The Morgan fingerprint density at radius 1 is 1.43 bits per heavy atom. The van der Waals surface area contributed by atoms with Gasteiger partial charge in [0.2, 0.25) is 0 Å². The number of amides is 1. The minimum Gasteiger partial charge on any atom is -0.395 e. The van der Waals surface area contributed by atoms with Gasteiger partial charge in [-0.05, 0) is 26.0 Å². The van der Waals surface area contributed by atoms with E-state index in [-0.39, 0.29) is 18.5 Å². The Kier molecular flexibility index (Phi) is 4.69. The van der Waals surface area contributed by atoms with Gasteiger partial charge in [0.05, 0.1) is 12.2 Å². The number of aryl methyl sites for hydroxylation is 2. The smallest absolute Gasteiger partial charge is 0.328 e. The molecule has 2 aromatic rings. The molecule has 0 aliphatic rings. The first-order chi connectivity index (χ1) is 10.1. The van der Waals surface area contributed by atoms with Crippen molar-refractivity contribution in [2.45, 2.75) is 20.3 Å². The number of hydrogen-bond donors (Lipinski definition) is 2. The summed E-state index contributed by atoms with van der Waals surface area (Å²) in [6.45, 7) is 3.54. The average molecular weight is 285 g/mol. The van der Waals surface area contributed by atoms with Crippen LogP contribution >= 0.6 is 0 Å². The van der Waals surface area contributed by atoms with E-state index in [0.29, 0.717) is 23.4 Å². The van der Waals surface area contributed by atoms with Crippen LogP contribution in [-0.2, 0) is 0 Å². The van der Waals surface area contributed by atoms with E-state index in [1.807, 2.05) is 13.0 Å². The molecule has 21 heavy (non-hydrogen) atoms. The lowest BCUT2D eigenvalue weighted by atomic mass is 10.0. The third-order valence-corrected chi connectivity index (χ3v) is 2.63. The Balaban J connectivity index is 2.26. The zero-order valence-corrected chi connectivity index (χ0v) is 11.8. The van der Waals surface area contributed by atoms with E-state index in [4.69, 9.17) is 9.63 Å². The lowest BCUT2D eigenvalue weighted by molar-refractivity contribution is 0.102. The van der Waals surface area contributed by atoms with Crippen LogP contribution in [0, 0.1) is 25.7 Å². The van der Waals surface area contributed by atoms with Crippen molar-refractivity contribution in [2.24, 2.45) is 0 Å². The molecule has 2 N–H and O–H groups in total. The summed E-state index contributed by atoms with van der Waals surface area (Å²) >= 11 is 0. The SMILES string of the molecule is Cc1ccc(C#CCCO)c(C(=O)Nc2nc(C)no2)c1. The summed E-state index contributed by atoms with van der Waals surface area (Å²) in [6, 6.07) is 5.43. The van der Waals surface area contributed by atoms with Gasteiger partial charge in [-0.15, -0.1) is 0 Å². The number of carbonyl (C=O) groups excluding carboxylic acids is 1. The second-order valence-electron chi connectivity index (χ2n) is 4.43. The molecule has 0 unspecified atom stereocenters. The molecule has 1 aromatic carbocycles. The van der Waals surface area contributed by atoms with Crippen LogP contribution in [0.2, 0.25) is 0 Å². The first-order valence-electron chi connectivity index (χ1n) is 6.42. The van der Waals surface area contributed by atoms with E-state index in [0.717, 1.165) is 5.56 Å². The molecule has 6 nitrogen and oxygen atoms in total. The van der Waals surface area contributed by atoms with E-state index in [2.05, 4.69) is 27.3 Å². The first-order valence-corrected chi connectivity index (χ1v) is 6.42. The monoisotopic (exact) mass is 285 g/mol. The number of aliphatic hydroxyl groups is 1. The molecule has 0 saturated heterocycles. The molecule has 0 fully saturated rings. The van der Waals surface area contributed by atoms with Crippen molar-refractivity contribution >= 4 is 11.9 Å². The number of nitrogens with one attached hydrogen (secondary N) is 1. The number of aliphatic hydroxyl groups excluding tert-OH is 1. The number of anilines is 1. The molecule has 2 rings (SSSR count). The van der Waals surface area contributed by atoms with Gasteiger partial charge in [0, 0.05) is 12.0 Å². The Labute approximate surface area is 122 Å². The summed E-state index contributed by atoms with van der Waals surface area (Å²) < 4.78 is 4.86. The van der Waals surface area contributed by atoms with Gasteiger partial charge in [0.25, 0.3) is 5.91 Å². The topological polar surface area (TPSA) is 88.2 Å². The normalized spacial score (nSPS) is 9.86. The number of benzene rings is 1. The van der Waals surface area contributed by atoms with Crippen molar-refractivity contribution in [1.29, 1.82) is 0 Å². The number of rotatable bonds is 3. The molecule has 0 aliphatic carbocycles. The van der Waals surface area contributed by atoms with Gasteiger partial charge >= 0.3 is 6.01 Å². The van der Waals surface area contributed by atoms with Crippen LogP contribution in [0.1, 0.15) is 33.7 Å². The molecule has 0 aliphatic heterocycles. The first kappa shape index (κ1) is 14.8. The molecule has 1 aromatic heterocycles. The molecule has 0 atom stereocenters. The Morgan fingerprint density at radius 2 is 2.24 bits per heavy atom. The van der Waals surface area contributed by atoms with Crippen molar-refractivity contribution in [3.63, 3.8) is 0 Å². The fourth-order valence-corrected chi connectivity index (χ4v) is 1.68. The maximum Gasteiger partial charge on any atom is 0.328 e. The van der Waals surface area contributed by atoms with E-state index in [1.54, 1.807) is 19.1 Å². The fraction of sp³-hybridized carbons (Fsp3) is 0.267. The van der Waals surface area contributed by atoms with Crippen LogP contribution in [0.3, 0.4) is 0 Å². The zero-order valence-electron chi connectivity index (χ0n) is 11.8. The molecule has 108 valence electrons. The highest BCUT2D eigenvalue weighted by atomic mass is 16.5. The van der Waals surface area contributed by atoms with Crippen LogP contribution in [-0.4, -0.2) is 27.8 Å². The molecule has 0 radical (unpaired) electrons. The van der Waals surface area contributed by atoms with E-state index >= 15 is 0 Å². The van der Waals surface area contributed by atoms with Gasteiger partial charge in [-0.1, -0.05) is 28.6 Å². The minimum atomic E-state index is -0.365. The van der Waals surface area contributed by atoms with Crippen molar-refractivity contribution < 1.29 is 14.4 Å². The second kappa shape index (κ2) is 6.68. The minimum absolute atomic E-state index is 0.0122. The molecule has 0 spiro atoms. The third-order valence-electron chi connectivity index (χ3n) is 2.63. The van der Waals surface area contributed by atoms with E-state index in [9.17, 15) is 4.79 Å². The standard InChI is InChI=1S/C15H15N3O3/c1-10-6-7-12(5-3-4-8-19)13(9-10)14(20)17-15-16-11(2)18-21-15/h6-7,9,19H,4,8H2,1-2H3,(H,16,17,18,20). The maximum absolute atomic E-state index is 12.3. The van der Waals surface area contributed by atoms with Crippen LogP contribution in [0.5, 0.6) is 0 Å². The van der Waals surface area contributed by atoms with Gasteiger partial charge in [0.1, 0.15) is 0 Å². The third kappa shape index (κ3) is 3.91.